The Bertz CT molecular complexity index is 1080. The summed E-state index contributed by atoms with van der Waals surface area (Å²) < 4.78 is 71.4. The lowest BCUT2D eigenvalue weighted by atomic mass is 9.97. The molecule has 33 heavy (non-hydrogen) atoms. The molecule has 1 aliphatic heterocycles. The number of esters is 1. The van der Waals surface area contributed by atoms with E-state index in [2.05, 4.69) is 5.32 Å². The number of halogens is 3. The normalized spacial score (nSPS) is 15.7. The predicted molar refractivity (Wildman–Crippen MR) is 112 cm³/mol. The summed E-state index contributed by atoms with van der Waals surface area (Å²) in [6.07, 6.45) is -4.56. The number of carbonyl (C=O) groups is 2. The minimum Gasteiger partial charge on any atom is -0.460 e. The number of amides is 1. The number of ether oxygens (including phenoxy) is 1. The van der Waals surface area contributed by atoms with Crippen molar-refractivity contribution in [1.29, 1.82) is 0 Å². The van der Waals surface area contributed by atoms with Gasteiger partial charge in [0.2, 0.25) is 15.9 Å². The molecular weight excluding hydrogens is 461 g/mol. The van der Waals surface area contributed by atoms with Crippen LogP contribution in [0.15, 0.2) is 59.5 Å². The number of rotatable bonds is 7. The minimum atomic E-state index is -4.81. The van der Waals surface area contributed by atoms with Crippen molar-refractivity contribution in [2.24, 2.45) is 5.92 Å². The van der Waals surface area contributed by atoms with E-state index >= 15 is 0 Å². The molecule has 0 aliphatic carbocycles. The zero-order chi connectivity index (χ0) is 24.1. The Morgan fingerprint density at radius 2 is 1.61 bits per heavy atom. The van der Waals surface area contributed by atoms with Gasteiger partial charge in [0.1, 0.15) is 13.2 Å². The highest BCUT2D eigenvalue weighted by Gasteiger charge is 2.40. The first-order valence-electron chi connectivity index (χ1n) is 10.2. The van der Waals surface area contributed by atoms with Gasteiger partial charge in [0, 0.05) is 19.0 Å². The molecule has 1 N–H and O–H groups in total. The number of hydrogen-bond acceptors (Lipinski definition) is 5. The molecule has 2 aromatic carbocycles. The Morgan fingerprint density at radius 1 is 1.00 bits per heavy atom. The third-order valence-corrected chi connectivity index (χ3v) is 7.24. The van der Waals surface area contributed by atoms with Crippen molar-refractivity contribution in [3.8, 4) is 0 Å². The van der Waals surface area contributed by atoms with Gasteiger partial charge in [-0.05, 0) is 30.5 Å². The Labute approximate surface area is 189 Å². The lowest BCUT2D eigenvalue weighted by Gasteiger charge is -2.31. The number of nitrogens with one attached hydrogen (secondary N) is 1. The standard InChI is InChI=1S/C22H23F3N2O5S/c23-22(24,25)18-8-4-5-9-19(18)33(30,31)27-12-10-17(11-13-27)21(29)26-14-20(28)32-15-16-6-2-1-3-7-16/h1-9,17H,10-15H2,(H,26,29). The molecule has 1 amide bonds. The first kappa shape index (κ1) is 24.7. The molecule has 1 aliphatic rings. The van der Waals surface area contributed by atoms with Crippen LogP contribution >= 0.6 is 0 Å². The number of hydrogen-bond donors (Lipinski definition) is 1. The Hall–Kier alpha value is -2.92. The molecule has 7 nitrogen and oxygen atoms in total. The first-order chi connectivity index (χ1) is 15.6. The zero-order valence-electron chi connectivity index (χ0n) is 17.5. The van der Waals surface area contributed by atoms with Crippen molar-refractivity contribution < 1.29 is 35.9 Å². The Kier molecular flexibility index (Phi) is 7.75. The number of nitrogens with zero attached hydrogens (tertiary/aromatic N) is 1. The van der Waals surface area contributed by atoms with E-state index in [9.17, 15) is 31.2 Å². The van der Waals surface area contributed by atoms with E-state index in [4.69, 9.17) is 4.74 Å². The highest BCUT2D eigenvalue weighted by molar-refractivity contribution is 7.89. The smallest absolute Gasteiger partial charge is 0.417 e. The quantitative estimate of drug-likeness (QED) is 0.610. The summed E-state index contributed by atoms with van der Waals surface area (Å²) in [5, 5.41) is 2.47. The molecule has 0 atom stereocenters. The van der Waals surface area contributed by atoms with Crippen molar-refractivity contribution in [2.75, 3.05) is 19.6 Å². The maximum absolute atomic E-state index is 13.2. The van der Waals surface area contributed by atoms with E-state index in [1.807, 2.05) is 6.07 Å². The van der Waals surface area contributed by atoms with E-state index in [1.165, 1.54) is 6.07 Å². The van der Waals surface area contributed by atoms with Crippen LogP contribution in [-0.4, -0.2) is 44.2 Å². The molecule has 0 saturated carbocycles. The van der Waals surface area contributed by atoms with Crippen LogP contribution in [0.3, 0.4) is 0 Å². The Balaban J connectivity index is 1.51. The van der Waals surface area contributed by atoms with Gasteiger partial charge in [-0.3, -0.25) is 9.59 Å². The predicted octanol–water partition coefficient (Wildman–Crippen LogP) is 2.97. The van der Waals surface area contributed by atoms with Crippen LogP contribution < -0.4 is 5.32 Å². The van der Waals surface area contributed by atoms with Gasteiger partial charge in [-0.25, -0.2) is 8.42 Å². The average molecular weight is 484 g/mol. The molecule has 2 aromatic rings. The van der Waals surface area contributed by atoms with Gasteiger partial charge in [-0.1, -0.05) is 42.5 Å². The van der Waals surface area contributed by atoms with Crippen LogP contribution in [0.25, 0.3) is 0 Å². The molecule has 11 heteroatoms. The van der Waals surface area contributed by atoms with E-state index in [1.54, 1.807) is 24.3 Å². The van der Waals surface area contributed by atoms with Gasteiger partial charge < -0.3 is 10.1 Å². The summed E-state index contributed by atoms with van der Waals surface area (Å²) in [5.41, 5.74) is -0.420. The molecular formula is C22H23F3N2O5S. The highest BCUT2D eigenvalue weighted by Crippen LogP contribution is 2.36. The molecule has 0 bridgehead atoms. The van der Waals surface area contributed by atoms with Crippen LogP contribution in [0.1, 0.15) is 24.0 Å². The van der Waals surface area contributed by atoms with Crippen molar-refractivity contribution in [2.45, 2.75) is 30.5 Å². The van der Waals surface area contributed by atoms with Crippen molar-refractivity contribution in [3.63, 3.8) is 0 Å². The van der Waals surface area contributed by atoms with Crippen molar-refractivity contribution >= 4 is 21.9 Å². The summed E-state index contributed by atoms with van der Waals surface area (Å²) in [6.45, 7) is -0.468. The first-order valence-corrected chi connectivity index (χ1v) is 11.7. The second kappa shape index (κ2) is 10.3. The molecule has 0 unspecified atom stereocenters. The van der Waals surface area contributed by atoms with E-state index in [0.717, 1.165) is 28.1 Å². The largest absolute Gasteiger partial charge is 0.460 e. The molecule has 0 aromatic heterocycles. The van der Waals surface area contributed by atoms with Crippen LogP contribution in [0.4, 0.5) is 13.2 Å². The number of benzene rings is 2. The molecule has 3 rings (SSSR count). The summed E-state index contributed by atoms with van der Waals surface area (Å²) in [5.74, 6) is -1.60. The SMILES string of the molecule is O=C(CNC(=O)C1CCN(S(=O)(=O)c2ccccc2C(F)(F)F)CC1)OCc1ccccc1. The average Bonchev–Trinajstić information content (AvgIpc) is 2.81. The summed E-state index contributed by atoms with van der Waals surface area (Å²) in [6, 6.07) is 13.0. The topological polar surface area (TPSA) is 92.8 Å². The highest BCUT2D eigenvalue weighted by atomic mass is 32.2. The second-order valence-electron chi connectivity index (χ2n) is 7.54. The number of piperidine rings is 1. The number of alkyl halides is 3. The lowest BCUT2D eigenvalue weighted by molar-refractivity contribution is -0.145. The summed E-state index contributed by atoms with van der Waals surface area (Å²) in [4.78, 5) is 23.4. The maximum atomic E-state index is 13.2. The Morgan fingerprint density at radius 3 is 2.24 bits per heavy atom. The molecule has 1 fully saturated rings. The summed E-state index contributed by atoms with van der Waals surface area (Å²) >= 11 is 0. The lowest BCUT2D eigenvalue weighted by Crippen LogP contribution is -2.44. The fourth-order valence-corrected chi connectivity index (χ4v) is 5.20. The molecule has 178 valence electrons. The van der Waals surface area contributed by atoms with Crippen LogP contribution in [0.2, 0.25) is 0 Å². The molecule has 0 radical (unpaired) electrons. The minimum absolute atomic E-state index is 0.0746. The maximum Gasteiger partial charge on any atom is 0.417 e. The number of carbonyl (C=O) groups excluding carboxylic acids is 2. The monoisotopic (exact) mass is 484 g/mol. The van der Waals surface area contributed by atoms with E-state index < -0.39 is 44.5 Å². The zero-order valence-corrected chi connectivity index (χ0v) is 18.4. The van der Waals surface area contributed by atoms with Crippen LogP contribution in [0.5, 0.6) is 0 Å². The van der Waals surface area contributed by atoms with Crippen LogP contribution in [0, 0.1) is 5.92 Å². The third-order valence-electron chi connectivity index (χ3n) is 5.28. The van der Waals surface area contributed by atoms with Crippen molar-refractivity contribution in [1.82, 2.24) is 9.62 Å². The van der Waals surface area contributed by atoms with Gasteiger partial charge >= 0.3 is 12.1 Å². The molecule has 0 spiro atoms. The summed E-state index contributed by atoms with van der Waals surface area (Å²) in [7, 11) is -4.38. The van der Waals surface area contributed by atoms with Gasteiger partial charge in [0.25, 0.3) is 0 Å². The molecule has 1 heterocycles. The van der Waals surface area contributed by atoms with E-state index in [-0.39, 0.29) is 39.1 Å². The van der Waals surface area contributed by atoms with Gasteiger partial charge in [0.15, 0.2) is 0 Å². The second-order valence-corrected chi connectivity index (χ2v) is 9.44. The number of sulfonamides is 1. The molecule has 1 saturated heterocycles. The van der Waals surface area contributed by atoms with Crippen LogP contribution in [-0.2, 0) is 37.1 Å². The van der Waals surface area contributed by atoms with Gasteiger partial charge in [-0.2, -0.15) is 17.5 Å². The fourth-order valence-electron chi connectivity index (χ4n) is 3.52. The van der Waals surface area contributed by atoms with E-state index in [0.29, 0.717) is 0 Å². The van der Waals surface area contributed by atoms with Gasteiger partial charge in [-0.15, -0.1) is 0 Å². The third kappa shape index (κ3) is 6.32. The van der Waals surface area contributed by atoms with Crippen molar-refractivity contribution in [3.05, 3.63) is 65.7 Å². The van der Waals surface area contributed by atoms with Gasteiger partial charge in [0.05, 0.1) is 10.5 Å². The fraction of sp³-hybridized carbons (Fsp3) is 0.364.